The molecule has 1 aromatic carbocycles. The fourth-order valence-electron chi connectivity index (χ4n) is 1.24. The molecule has 0 aliphatic carbocycles. The Morgan fingerprint density at radius 1 is 1.31 bits per heavy atom. The molecular weight excluding hydrogens is 160 g/mol. The maximum Gasteiger partial charge on any atom is 0.0551 e. The van der Waals surface area contributed by atoms with Crippen LogP contribution in [0, 0.1) is 6.92 Å². The Hall–Kier alpha value is -1.44. The number of nitrogens with two attached hydrogens (primary N) is 1. The highest BCUT2D eigenvalue weighted by atomic mass is 15.0. The Labute approximate surface area is 79.7 Å². The maximum atomic E-state index is 5.92. The predicted octanol–water partition coefficient (Wildman–Crippen LogP) is 1.81. The summed E-state index contributed by atoms with van der Waals surface area (Å²) < 4.78 is 0. The third-order valence-corrected chi connectivity index (χ3v) is 1.85. The van der Waals surface area contributed by atoms with Crippen LogP contribution in [0.15, 0.2) is 30.5 Å². The molecule has 2 N–H and O–H groups in total. The molecule has 0 aromatic heterocycles. The second kappa shape index (κ2) is 3.99. The lowest BCUT2D eigenvalue weighted by Crippen LogP contribution is -2.07. The molecule has 0 radical (unpaired) electrons. The fourth-order valence-corrected chi connectivity index (χ4v) is 1.24. The zero-order chi connectivity index (χ0) is 9.84. The van der Waals surface area contributed by atoms with Crippen molar-refractivity contribution in [3.63, 3.8) is 0 Å². The van der Waals surface area contributed by atoms with Crippen molar-refractivity contribution >= 4 is 5.70 Å². The van der Waals surface area contributed by atoms with E-state index < -0.39 is 0 Å². The molecule has 70 valence electrons. The van der Waals surface area contributed by atoms with Gasteiger partial charge in [-0.05, 0) is 12.5 Å². The minimum absolute atomic E-state index is 0.808. The standard InChI is InChI=1S/C11H16N2/c1-9-6-4-5-7-10(9)11(12)8-13(2)3/h4-8H,12H2,1-3H3/b11-8-. The first kappa shape index (κ1) is 9.65. The zero-order valence-corrected chi connectivity index (χ0v) is 8.41. The van der Waals surface area contributed by atoms with Crippen LogP contribution in [0.3, 0.4) is 0 Å². The number of rotatable bonds is 2. The summed E-state index contributed by atoms with van der Waals surface area (Å²) in [6.07, 6.45) is 1.92. The lowest BCUT2D eigenvalue weighted by molar-refractivity contribution is 0.565. The van der Waals surface area contributed by atoms with Crippen molar-refractivity contribution in [1.29, 1.82) is 0 Å². The molecule has 0 amide bonds. The summed E-state index contributed by atoms with van der Waals surface area (Å²) in [6.45, 7) is 2.06. The summed E-state index contributed by atoms with van der Waals surface area (Å²) in [5.74, 6) is 0. The smallest absolute Gasteiger partial charge is 0.0551 e. The number of aryl methyl sites for hydroxylation is 1. The van der Waals surface area contributed by atoms with Crippen molar-refractivity contribution in [2.75, 3.05) is 14.1 Å². The number of hydrogen-bond donors (Lipinski definition) is 1. The molecule has 0 aliphatic heterocycles. The van der Waals surface area contributed by atoms with Gasteiger partial charge in [0.25, 0.3) is 0 Å². The SMILES string of the molecule is Cc1ccccc1/C(N)=C/N(C)C. The van der Waals surface area contributed by atoms with E-state index in [1.54, 1.807) is 0 Å². The highest BCUT2D eigenvalue weighted by Crippen LogP contribution is 2.13. The van der Waals surface area contributed by atoms with Crippen LogP contribution in [0.1, 0.15) is 11.1 Å². The van der Waals surface area contributed by atoms with Gasteiger partial charge >= 0.3 is 0 Å². The first-order chi connectivity index (χ1) is 6.11. The van der Waals surface area contributed by atoms with E-state index in [2.05, 4.69) is 13.0 Å². The van der Waals surface area contributed by atoms with Gasteiger partial charge in [-0.15, -0.1) is 0 Å². The highest BCUT2D eigenvalue weighted by molar-refractivity contribution is 5.64. The van der Waals surface area contributed by atoms with Gasteiger partial charge in [-0.1, -0.05) is 24.3 Å². The average Bonchev–Trinajstić information content (AvgIpc) is 2.03. The molecule has 0 spiro atoms. The van der Waals surface area contributed by atoms with E-state index in [9.17, 15) is 0 Å². The van der Waals surface area contributed by atoms with Gasteiger partial charge in [-0.3, -0.25) is 0 Å². The minimum Gasteiger partial charge on any atom is -0.397 e. The second-order valence-corrected chi connectivity index (χ2v) is 3.36. The molecule has 0 saturated heterocycles. The van der Waals surface area contributed by atoms with Crippen LogP contribution in [-0.4, -0.2) is 19.0 Å². The van der Waals surface area contributed by atoms with Crippen LogP contribution in [-0.2, 0) is 0 Å². The van der Waals surface area contributed by atoms with Crippen LogP contribution in [0.25, 0.3) is 5.70 Å². The molecule has 2 heteroatoms. The van der Waals surface area contributed by atoms with Gasteiger partial charge in [0.15, 0.2) is 0 Å². The normalized spacial score (nSPS) is 11.5. The molecule has 0 saturated carbocycles. The molecule has 0 fully saturated rings. The lowest BCUT2D eigenvalue weighted by atomic mass is 10.1. The van der Waals surface area contributed by atoms with Gasteiger partial charge in [0.1, 0.15) is 0 Å². The number of hydrogen-bond acceptors (Lipinski definition) is 2. The Balaban J connectivity index is 3.02. The van der Waals surface area contributed by atoms with Gasteiger partial charge < -0.3 is 10.6 Å². The summed E-state index contributed by atoms with van der Waals surface area (Å²) in [6, 6.07) is 8.11. The van der Waals surface area contributed by atoms with Crippen molar-refractivity contribution in [3.05, 3.63) is 41.6 Å². The van der Waals surface area contributed by atoms with Gasteiger partial charge in [0, 0.05) is 25.9 Å². The van der Waals surface area contributed by atoms with Gasteiger partial charge in [-0.2, -0.15) is 0 Å². The van der Waals surface area contributed by atoms with Crippen molar-refractivity contribution in [2.24, 2.45) is 5.73 Å². The molecule has 0 unspecified atom stereocenters. The van der Waals surface area contributed by atoms with Gasteiger partial charge in [-0.25, -0.2) is 0 Å². The first-order valence-corrected chi connectivity index (χ1v) is 4.31. The summed E-state index contributed by atoms with van der Waals surface area (Å²) >= 11 is 0. The fraction of sp³-hybridized carbons (Fsp3) is 0.273. The quantitative estimate of drug-likeness (QED) is 0.744. The minimum atomic E-state index is 0.808. The molecule has 0 atom stereocenters. The van der Waals surface area contributed by atoms with Crippen LogP contribution in [0.2, 0.25) is 0 Å². The van der Waals surface area contributed by atoms with Crippen molar-refractivity contribution in [3.8, 4) is 0 Å². The summed E-state index contributed by atoms with van der Waals surface area (Å²) in [5.41, 5.74) is 9.04. The Morgan fingerprint density at radius 3 is 2.46 bits per heavy atom. The average molecular weight is 176 g/mol. The van der Waals surface area contributed by atoms with Crippen molar-refractivity contribution < 1.29 is 0 Å². The molecular formula is C11H16N2. The molecule has 0 aliphatic rings. The Morgan fingerprint density at radius 2 is 1.92 bits per heavy atom. The molecule has 0 bridgehead atoms. The molecule has 13 heavy (non-hydrogen) atoms. The molecule has 1 aromatic rings. The number of nitrogens with zero attached hydrogens (tertiary/aromatic N) is 1. The molecule has 0 heterocycles. The van der Waals surface area contributed by atoms with Crippen LogP contribution >= 0.6 is 0 Å². The first-order valence-electron chi connectivity index (χ1n) is 4.31. The van der Waals surface area contributed by atoms with Crippen LogP contribution < -0.4 is 5.73 Å². The van der Waals surface area contributed by atoms with E-state index in [1.165, 1.54) is 5.56 Å². The van der Waals surface area contributed by atoms with E-state index in [0.29, 0.717) is 0 Å². The van der Waals surface area contributed by atoms with Crippen molar-refractivity contribution in [1.82, 2.24) is 4.90 Å². The summed E-state index contributed by atoms with van der Waals surface area (Å²) in [7, 11) is 3.93. The Kier molecular flexibility index (Phi) is 2.96. The Bertz CT molecular complexity index is 314. The predicted molar refractivity (Wildman–Crippen MR) is 57.0 cm³/mol. The van der Waals surface area contributed by atoms with Crippen molar-refractivity contribution in [2.45, 2.75) is 6.92 Å². The third-order valence-electron chi connectivity index (χ3n) is 1.85. The molecule has 2 nitrogen and oxygen atoms in total. The monoisotopic (exact) mass is 176 g/mol. The lowest BCUT2D eigenvalue weighted by Gasteiger charge is -2.09. The zero-order valence-electron chi connectivity index (χ0n) is 8.41. The van der Waals surface area contributed by atoms with Gasteiger partial charge in [0.2, 0.25) is 0 Å². The van der Waals surface area contributed by atoms with E-state index in [0.717, 1.165) is 11.3 Å². The largest absolute Gasteiger partial charge is 0.397 e. The van der Waals surface area contributed by atoms with E-state index >= 15 is 0 Å². The number of benzene rings is 1. The van der Waals surface area contributed by atoms with Gasteiger partial charge in [0.05, 0.1) is 5.70 Å². The maximum absolute atomic E-state index is 5.92. The summed E-state index contributed by atoms with van der Waals surface area (Å²) in [4.78, 5) is 1.95. The third kappa shape index (κ3) is 2.51. The topological polar surface area (TPSA) is 29.3 Å². The van der Waals surface area contributed by atoms with E-state index in [-0.39, 0.29) is 0 Å². The second-order valence-electron chi connectivity index (χ2n) is 3.36. The van der Waals surface area contributed by atoms with E-state index in [1.807, 2.05) is 43.4 Å². The van der Waals surface area contributed by atoms with E-state index in [4.69, 9.17) is 5.73 Å². The van der Waals surface area contributed by atoms with Crippen LogP contribution in [0.4, 0.5) is 0 Å². The molecule has 1 rings (SSSR count). The highest BCUT2D eigenvalue weighted by Gasteiger charge is 1.99. The van der Waals surface area contributed by atoms with Crippen LogP contribution in [0.5, 0.6) is 0 Å². The summed E-state index contributed by atoms with van der Waals surface area (Å²) in [5, 5.41) is 0.